The van der Waals surface area contributed by atoms with Crippen LogP contribution in [0.1, 0.15) is 48.8 Å². The first-order chi connectivity index (χ1) is 17.7. The Bertz CT molecular complexity index is 1450. The third kappa shape index (κ3) is 5.31. The van der Waals surface area contributed by atoms with Gasteiger partial charge in [0.1, 0.15) is 16.9 Å². The maximum absolute atomic E-state index is 13.0. The van der Waals surface area contributed by atoms with Gasteiger partial charge < -0.3 is 24.2 Å². The second kappa shape index (κ2) is 9.66. The molecule has 4 aromatic rings. The van der Waals surface area contributed by atoms with Crippen LogP contribution in [0.15, 0.2) is 53.3 Å². The van der Waals surface area contributed by atoms with Gasteiger partial charge in [0.15, 0.2) is 6.10 Å². The van der Waals surface area contributed by atoms with Crippen molar-refractivity contribution in [1.29, 1.82) is 0 Å². The summed E-state index contributed by atoms with van der Waals surface area (Å²) < 4.78 is 18.5. The highest BCUT2D eigenvalue weighted by atomic mass is 16.6. The van der Waals surface area contributed by atoms with Gasteiger partial charge in [0.05, 0.1) is 19.3 Å². The van der Waals surface area contributed by atoms with Gasteiger partial charge in [0, 0.05) is 24.0 Å². The van der Waals surface area contributed by atoms with E-state index in [-0.39, 0.29) is 18.3 Å². The van der Waals surface area contributed by atoms with Gasteiger partial charge in [-0.15, -0.1) is 0 Å². The molecule has 192 valence electrons. The molecule has 1 aliphatic rings. The molecule has 4 heterocycles. The lowest BCUT2D eigenvalue weighted by atomic mass is 10.1. The number of fused-ring (bicyclic) bond motifs is 1. The Hall–Kier alpha value is -4.25. The van der Waals surface area contributed by atoms with Gasteiger partial charge in [0.2, 0.25) is 5.82 Å². The van der Waals surface area contributed by atoms with Gasteiger partial charge in [-0.2, -0.15) is 4.98 Å². The number of anilines is 1. The second-order valence-corrected chi connectivity index (χ2v) is 9.80. The van der Waals surface area contributed by atoms with Crippen LogP contribution in [0.25, 0.3) is 17.0 Å². The van der Waals surface area contributed by atoms with Crippen molar-refractivity contribution in [1.82, 2.24) is 24.4 Å². The minimum absolute atomic E-state index is 0.241. The molecular formula is C26H28N6O5. The molecule has 0 radical (unpaired) electrons. The van der Waals surface area contributed by atoms with E-state index < -0.39 is 17.8 Å². The molecule has 37 heavy (non-hydrogen) atoms. The molecule has 5 rings (SSSR count). The molecule has 11 heteroatoms. The number of nitrogens with one attached hydrogen (secondary N) is 1. The Morgan fingerprint density at radius 2 is 2.03 bits per heavy atom. The molecule has 0 saturated carbocycles. The molecule has 1 saturated heterocycles. The maximum atomic E-state index is 13.0. The van der Waals surface area contributed by atoms with Crippen molar-refractivity contribution in [3.63, 3.8) is 0 Å². The number of ether oxygens (including phenoxy) is 2. The van der Waals surface area contributed by atoms with Gasteiger partial charge in [-0.05, 0) is 51.5 Å². The Labute approximate surface area is 213 Å². The number of imidazole rings is 1. The van der Waals surface area contributed by atoms with Crippen molar-refractivity contribution < 1.29 is 23.6 Å². The standard InChI is InChI=1S/C26H28N6O5/c1-16-8-9-17(13-18(16)28-23(33)19-14-27-21-7-5-6-10-32(19)21)22-29-24(37-30-22)20-15-31(11-12-35-20)25(34)36-26(2,3)4/h5-10,13-14,20H,11-12,15H2,1-4H3,(H,28,33). The number of pyridine rings is 1. The number of hydrogen-bond donors (Lipinski definition) is 1. The zero-order valence-corrected chi connectivity index (χ0v) is 21.1. The largest absolute Gasteiger partial charge is 0.444 e. The Morgan fingerprint density at radius 1 is 1.19 bits per heavy atom. The average Bonchev–Trinajstić information content (AvgIpc) is 3.52. The molecule has 11 nitrogen and oxygen atoms in total. The summed E-state index contributed by atoms with van der Waals surface area (Å²) in [7, 11) is 0. The van der Waals surface area contributed by atoms with Crippen molar-refractivity contribution in [3.8, 4) is 11.4 Å². The number of aromatic nitrogens is 4. The van der Waals surface area contributed by atoms with E-state index in [9.17, 15) is 9.59 Å². The lowest BCUT2D eigenvalue weighted by Gasteiger charge is -2.32. The number of aryl methyl sites for hydroxylation is 1. The number of carbonyl (C=O) groups excluding carboxylic acids is 2. The molecule has 1 aromatic carbocycles. The summed E-state index contributed by atoms with van der Waals surface area (Å²) in [6.45, 7) is 8.35. The molecule has 0 aliphatic carbocycles. The minimum Gasteiger partial charge on any atom is -0.444 e. The molecule has 1 unspecified atom stereocenters. The third-order valence-corrected chi connectivity index (χ3v) is 5.83. The van der Waals surface area contributed by atoms with Gasteiger partial charge >= 0.3 is 6.09 Å². The summed E-state index contributed by atoms with van der Waals surface area (Å²) in [5.41, 5.74) is 2.67. The third-order valence-electron chi connectivity index (χ3n) is 5.83. The summed E-state index contributed by atoms with van der Waals surface area (Å²) in [5, 5.41) is 7.06. The van der Waals surface area contributed by atoms with Crippen molar-refractivity contribution in [3.05, 3.63) is 65.9 Å². The molecule has 1 N–H and O–H groups in total. The number of nitrogens with zero attached hydrogens (tertiary/aromatic N) is 5. The predicted molar refractivity (Wildman–Crippen MR) is 134 cm³/mol. The van der Waals surface area contributed by atoms with E-state index in [1.54, 1.807) is 27.8 Å². The van der Waals surface area contributed by atoms with Crippen molar-refractivity contribution in [2.45, 2.75) is 39.4 Å². The molecule has 2 amide bonds. The van der Waals surface area contributed by atoms with Crippen molar-refractivity contribution in [2.24, 2.45) is 0 Å². The van der Waals surface area contributed by atoms with Crippen LogP contribution in [0.5, 0.6) is 0 Å². The Kier molecular flexibility index (Phi) is 6.38. The number of benzene rings is 1. The lowest BCUT2D eigenvalue weighted by Crippen LogP contribution is -2.44. The van der Waals surface area contributed by atoms with Crippen LogP contribution in [-0.4, -0.2) is 61.7 Å². The van der Waals surface area contributed by atoms with Crippen LogP contribution in [0.2, 0.25) is 0 Å². The van der Waals surface area contributed by atoms with Crippen molar-refractivity contribution in [2.75, 3.05) is 25.0 Å². The zero-order valence-electron chi connectivity index (χ0n) is 21.1. The number of carbonyl (C=O) groups is 2. The van der Waals surface area contributed by atoms with Crippen LogP contribution >= 0.6 is 0 Å². The minimum atomic E-state index is -0.591. The van der Waals surface area contributed by atoms with Crippen LogP contribution in [-0.2, 0) is 9.47 Å². The van der Waals surface area contributed by atoms with E-state index in [2.05, 4.69) is 20.4 Å². The SMILES string of the molecule is Cc1ccc(-c2noc(C3CN(C(=O)OC(C)(C)C)CCO3)n2)cc1NC(=O)c1cnc2ccccn12. The summed E-state index contributed by atoms with van der Waals surface area (Å²) in [4.78, 5) is 35.8. The molecule has 0 bridgehead atoms. The molecule has 1 aliphatic heterocycles. The van der Waals surface area contributed by atoms with Crippen molar-refractivity contribution >= 4 is 23.3 Å². The number of amides is 2. The van der Waals surface area contributed by atoms with E-state index >= 15 is 0 Å². The maximum Gasteiger partial charge on any atom is 0.410 e. The van der Waals surface area contributed by atoms with Crippen LogP contribution in [0.4, 0.5) is 10.5 Å². The molecule has 1 atom stereocenters. The number of morpholine rings is 1. The van der Waals surface area contributed by atoms with Crippen LogP contribution in [0.3, 0.4) is 0 Å². The fraction of sp³-hybridized carbons (Fsp3) is 0.346. The highest BCUT2D eigenvalue weighted by Crippen LogP contribution is 2.28. The van der Waals surface area contributed by atoms with E-state index in [4.69, 9.17) is 14.0 Å². The smallest absolute Gasteiger partial charge is 0.410 e. The summed E-state index contributed by atoms with van der Waals surface area (Å²) in [6, 6.07) is 11.1. The Morgan fingerprint density at radius 3 is 2.84 bits per heavy atom. The van der Waals surface area contributed by atoms with E-state index in [1.807, 2.05) is 58.0 Å². The first kappa shape index (κ1) is 24.4. The lowest BCUT2D eigenvalue weighted by molar-refractivity contribution is -0.0536. The first-order valence-electron chi connectivity index (χ1n) is 12.0. The Balaban J connectivity index is 1.32. The zero-order chi connectivity index (χ0) is 26.2. The highest BCUT2D eigenvalue weighted by Gasteiger charge is 2.32. The predicted octanol–water partition coefficient (Wildman–Crippen LogP) is 4.25. The normalized spacial score (nSPS) is 16.1. The molecule has 1 fully saturated rings. The summed E-state index contributed by atoms with van der Waals surface area (Å²) in [5.74, 6) is 0.323. The average molecular weight is 505 g/mol. The van der Waals surface area contributed by atoms with E-state index in [0.717, 1.165) is 5.56 Å². The monoisotopic (exact) mass is 504 g/mol. The van der Waals surface area contributed by atoms with Gasteiger partial charge in [-0.3, -0.25) is 9.20 Å². The fourth-order valence-corrected chi connectivity index (χ4v) is 3.96. The highest BCUT2D eigenvalue weighted by molar-refractivity contribution is 6.04. The summed E-state index contributed by atoms with van der Waals surface area (Å²) in [6.07, 6.45) is 2.35. The molecule has 0 spiro atoms. The van der Waals surface area contributed by atoms with Gasteiger partial charge in [0.25, 0.3) is 11.8 Å². The fourth-order valence-electron chi connectivity index (χ4n) is 3.96. The number of rotatable bonds is 4. The van der Waals surface area contributed by atoms with E-state index in [0.29, 0.717) is 41.6 Å². The van der Waals surface area contributed by atoms with Crippen LogP contribution in [0, 0.1) is 6.92 Å². The van der Waals surface area contributed by atoms with Gasteiger partial charge in [-0.25, -0.2) is 9.78 Å². The molecular weight excluding hydrogens is 476 g/mol. The molecule has 3 aromatic heterocycles. The van der Waals surface area contributed by atoms with E-state index in [1.165, 1.54) is 0 Å². The number of hydrogen-bond acceptors (Lipinski definition) is 8. The van der Waals surface area contributed by atoms with Crippen LogP contribution < -0.4 is 5.32 Å². The van der Waals surface area contributed by atoms with Gasteiger partial charge in [-0.1, -0.05) is 23.4 Å². The quantitative estimate of drug-likeness (QED) is 0.437. The first-order valence-corrected chi connectivity index (χ1v) is 12.0. The summed E-state index contributed by atoms with van der Waals surface area (Å²) >= 11 is 0. The topological polar surface area (TPSA) is 124 Å². The second-order valence-electron chi connectivity index (χ2n) is 9.80.